The maximum absolute atomic E-state index is 12.8. The number of anilines is 1. The van der Waals surface area contributed by atoms with Gasteiger partial charge in [-0.05, 0) is 42.8 Å². The van der Waals surface area contributed by atoms with Crippen molar-refractivity contribution >= 4 is 28.8 Å². The molecule has 2 amide bonds. The molecule has 28 heavy (non-hydrogen) atoms. The van der Waals surface area contributed by atoms with E-state index in [1.54, 1.807) is 12.1 Å². The first-order valence-corrected chi connectivity index (χ1v) is 9.95. The molecule has 2 heterocycles. The number of benzene rings is 1. The molecule has 0 saturated heterocycles. The van der Waals surface area contributed by atoms with Gasteiger partial charge in [0.05, 0.1) is 4.88 Å². The summed E-state index contributed by atoms with van der Waals surface area (Å²) in [6, 6.07) is 10.3. The third-order valence-electron chi connectivity index (χ3n) is 4.06. The molecule has 0 aliphatic heterocycles. The van der Waals surface area contributed by atoms with Crippen LogP contribution in [0.15, 0.2) is 41.8 Å². The van der Waals surface area contributed by atoms with Crippen molar-refractivity contribution < 1.29 is 9.59 Å². The quantitative estimate of drug-likeness (QED) is 0.567. The van der Waals surface area contributed by atoms with E-state index in [4.69, 9.17) is 0 Å². The number of hydrogen-bond donors (Lipinski definition) is 3. The van der Waals surface area contributed by atoms with Gasteiger partial charge in [-0.1, -0.05) is 32.0 Å². The third kappa shape index (κ3) is 5.04. The molecule has 2 aromatic heterocycles. The molecule has 0 spiro atoms. The number of H-pyrrole nitrogens is 1. The van der Waals surface area contributed by atoms with Crippen LogP contribution in [0.5, 0.6) is 0 Å². The summed E-state index contributed by atoms with van der Waals surface area (Å²) in [5, 5.41) is 14.5. The average Bonchev–Trinajstić information content (AvgIpc) is 3.32. The van der Waals surface area contributed by atoms with E-state index in [-0.39, 0.29) is 17.7 Å². The standard InChI is InChI=1S/C20H23N5O2S/c1-12(2)10-16(23-20(27)17-8-5-9-28-17)19(26)22-15-7-4-6-14(11-15)18-21-13(3)24-25-18/h4-9,11-12,16H,10H2,1-3H3,(H,22,26)(H,23,27)(H,21,24,25). The summed E-state index contributed by atoms with van der Waals surface area (Å²) in [4.78, 5) is 30.1. The Kier molecular flexibility index (Phi) is 6.20. The second kappa shape index (κ2) is 8.79. The Morgan fingerprint density at radius 1 is 1.21 bits per heavy atom. The van der Waals surface area contributed by atoms with Gasteiger partial charge >= 0.3 is 0 Å². The number of nitrogens with zero attached hydrogens (tertiary/aromatic N) is 2. The molecule has 0 fully saturated rings. The first-order valence-electron chi connectivity index (χ1n) is 9.07. The van der Waals surface area contributed by atoms with Crippen LogP contribution in [0.25, 0.3) is 11.4 Å². The molecule has 1 atom stereocenters. The Hall–Kier alpha value is -3.00. The fourth-order valence-corrected chi connectivity index (χ4v) is 3.40. The van der Waals surface area contributed by atoms with E-state index in [1.807, 2.05) is 50.4 Å². The molecule has 146 valence electrons. The molecule has 0 aliphatic carbocycles. The van der Waals surface area contributed by atoms with Gasteiger partial charge in [-0.15, -0.1) is 11.3 Å². The van der Waals surface area contributed by atoms with Crippen molar-refractivity contribution in [3.05, 3.63) is 52.5 Å². The van der Waals surface area contributed by atoms with Crippen molar-refractivity contribution in [2.24, 2.45) is 5.92 Å². The molecule has 0 bridgehead atoms. The number of rotatable bonds is 7. The molecule has 3 rings (SSSR count). The van der Waals surface area contributed by atoms with E-state index in [2.05, 4.69) is 25.8 Å². The van der Waals surface area contributed by atoms with E-state index in [9.17, 15) is 9.59 Å². The molecular formula is C20H23N5O2S. The summed E-state index contributed by atoms with van der Waals surface area (Å²) >= 11 is 1.35. The van der Waals surface area contributed by atoms with E-state index < -0.39 is 6.04 Å². The molecule has 3 N–H and O–H groups in total. The lowest BCUT2D eigenvalue weighted by atomic mass is 10.0. The Morgan fingerprint density at radius 2 is 2.04 bits per heavy atom. The highest BCUT2D eigenvalue weighted by Gasteiger charge is 2.23. The largest absolute Gasteiger partial charge is 0.340 e. The number of carbonyl (C=O) groups excluding carboxylic acids is 2. The number of aromatic nitrogens is 3. The molecule has 0 saturated carbocycles. The SMILES string of the molecule is Cc1nc(-c2cccc(NC(=O)C(CC(C)C)NC(=O)c3cccs3)c2)n[nH]1. The number of aryl methyl sites for hydroxylation is 1. The van der Waals surface area contributed by atoms with Crippen molar-refractivity contribution in [3.8, 4) is 11.4 Å². The molecule has 8 heteroatoms. The molecule has 1 aromatic carbocycles. The van der Waals surface area contributed by atoms with Gasteiger partial charge in [0.2, 0.25) is 5.91 Å². The topological polar surface area (TPSA) is 99.8 Å². The van der Waals surface area contributed by atoms with E-state index in [0.29, 0.717) is 22.8 Å². The van der Waals surface area contributed by atoms with Crippen molar-refractivity contribution in [2.75, 3.05) is 5.32 Å². The first-order chi connectivity index (χ1) is 13.4. The van der Waals surface area contributed by atoms with Crippen LogP contribution in [0.4, 0.5) is 5.69 Å². The molecule has 0 aliphatic rings. The Labute approximate surface area is 167 Å². The predicted octanol–water partition coefficient (Wildman–Crippen LogP) is 3.62. The van der Waals surface area contributed by atoms with Crippen LogP contribution < -0.4 is 10.6 Å². The zero-order valence-electron chi connectivity index (χ0n) is 16.0. The summed E-state index contributed by atoms with van der Waals surface area (Å²) in [7, 11) is 0. The van der Waals surface area contributed by atoms with E-state index >= 15 is 0 Å². The highest BCUT2D eigenvalue weighted by atomic mass is 32.1. The van der Waals surface area contributed by atoms with Crippen LogP contribution in [0.2, 0.25) is 0 Å². The highest BCUT2D eigenvalue weighted by molar-refractivity contribution is 7.12. The molecular weight excluding hydrogens is 374 g/mol. The maximum atomic E-state index is 12.8. The lowest BCUT2D eigenvalue weighted by Gasteiger charge is -2.20. The number of hydrogen-bond acceptors (Lipinski definition) is 5. The van der Waals surface area contributed by atoms with Gasteiger partial charge in [-0.2, -0.15) is 5.10 Å². The van der Waals surface area contributed by atoms with Crippen LogP contribution in [-0.4, -0.2) is 33.0 Å². The Morgan fingerprint density at radius 3 is 2.68 bits per heavy atom. The van der Waals surface area contributed by atoms with Gasteiger partial charge in [0.1, 0.15) is 11.9 Å². The molecule has 0 radical (unpaired) electrons. The van der Waals surface area contributed by atoms with Gasteiger partial charge < -0.3 is 10.6 Å². The third-order valence-corrected chi connectivity index (χ3v) is 4.93. The maximum Gasteiger partial charge on any atom is 0.261 e. The number of amides is 2. The summed E-state index contributed by atoms with van der Waals surface area (Å²) in [5.41, 5.74) is 1.43. The molecule has 7 nitrogen and oxygen atoms in total. The summed E-state index contributed by atoms with van der Waals surface area (Å²) in [6.07, 6.45) is 0.544. The lowest BCUT2D eigenvalue weighted by Crippen LogP contribution is -2.44. The number of carbonyl (C=O) groups is 2. The smallest absolute Gasteiger partial charge is 0.261 e. The number of aromatic amines is 1. The van der Waals surface area contributed by atoms with Crippen LogP contribution in [0.3, 0.4) is 0 Å². The van der Waals surface area contributed by atoms with E-state index in [1.165, 1.54) is 11.3 Å². The normalized spacial score (nSPS) is 12.0. The van der Waals surface area contributed by atoms with Crippen molar-refractivity contribution in [2.45, 2.75) is 33.2 Å². The van der Waals surface area contributed by atoms with Crippen LogP contribution in [0.1, 0.15) is 35.8 Å². The second-order valence-electron chi connectivity index (χ2n) is 6.95. The van der Waals surface area contributed by atoms with Gasteiger partial charge in [-0.3, -0.25) is 14.7 Å². The van der Waals surface area contributed by atoms with Crippen molar-refractivity contribution in [1.82, 2.24) is 20.5 Å². The first kappa shape index (κ1) is 19.8. The minimum absolute atomic E-state index is 0.235. The minimum Gasteiger partial charge on any atom is -0.340 e. The van der Waals surface area contributed by atoms with Gasteiger partial charge in [0.25, 0.3) is 5.91 Å². The van der Waals surface area contributed by atoms with Gasteiger partial charge in [0, 0.05) is 11.3 Å². The van der Waals surface area contributed by atoms with Crippen LogP contribution >= 0.6 is 11.3 Å². The van der Waals surface area contributed by atoms with E-state index in [0.717, 1.165) is 11.4 Å². The van der Waals surface area contributed by atoms with Gasteiger partial charge in [-0.25, -0.2) is 4.98 Å². The fraction of sp³-hybridized carbons (Fsp3) is 0.300. The predicted molar refractivity (Wildman–Crippen MR) is 110 cm³/mol. The Bertz CT molecular complexity index is 949. The Balaban J connectivity index is 1.73. The monoisotopic (exact) mass is 397 g/mol. The van der Waals surface area contributed by atoms with Crippen molar-refractivity contribution in [1.29, 1.82) is 0 Å². The fourth-order valence-electron chi connectivity index (χ4n) is 2.78. The zero-order chi connectivity index (χ0) is 20.1. The molecule has 1 unspecified atom stereocenters. The summed E-state index contributed by atoms with van der Waals surface area (Å²) < 4.78 is 0. The average molecular weight is 398 g/mol. The second-order valence-corrected chi connectivity index (χ2v) is 7.90. The van der Waals surface area contributed by atoms with Crippen LogP contribution in [0, 0.1) is 12.8 Å². The zero-order valence-corrected chi connectivity index (χ0v) is 16.8. The molecule has 3 aromatic rings. The number of thiophene rings is 1. The minimum atomic E-state index is -0.621. The summed E-state index contributed by atoms with van der Waals surface area (Å²) in [6.45, 7) is 5.86. The highest BCUT2D eigenvalue weighted by Crippen LogP contribution is 2.20. The summed E-state index contributed by atoms with van der Waals surface area (Å²) in [5.74, 6) is 1.06. The van der Waals surface area contributed by atoms with Crippen LogP contribution in [-0.2, 0) is 4.79 Å². The van der Waals surface area contributed by atoms with Crippen molar-refractivity contribution in [3.63, 3.8) is 0 Å². The van der Waals surface area contributed by atoms with Gasteiger partial charge in [0.15, 0.2) is 5.82 Å². The number of nitrogens with one attached hydrogen (secondary N) is 3. The lowest BCUT2D eigenvalue weighted by molar-refractivity contribution is -0.118.